The minimum atomic E-state index is -0.632. The number of carbonyl (C=O) groups is 2. The number of nitro benzene ring substituents is 1. The number of amides is 2. The number of rotatable bonds is 5. The molecule has 0 saturated heterocycles. The van der Waals surface area contributed by atoms with E-state index in [0.29, 0.717) is 16.5 Å². The minimum Gasteiger partial charge on any atom is -0.451 e. The van der Waals surface area contributed by atoms with Gasteiger partial charge in [-0.1, -0.05) is 32.9 Å². The molecule has 0 saturated carbocycles. The number of nitrogens with zero attached hydrogens (tertiary/aromatic N) is 1. The summed E-state index contributed by atoms with van der Waals surface area (Å²) >= 11 is 6.75. The maximum Gasteiger partial charge on any atom is 0.293 e. The molecule has 188 valence electrons. The zero-order valence-corrected chi connectivity index (χ0v) is 21.7. The number of anilines is 1. The second-order valence-electron chi connectivity index (χ2n) is 9.72. The number of hydrogen-bond donors (Lipinski definition) is 3. The standard InChI is InChI=1S/C25H26N4O5S2/c1-25(2,3)13-8-9-15-19(12-13)36-23(20(15)21(26)30)28-24(35)27-22(31)18-11-10-17(34-18)14-6-4-5-7-16(14)29(32)33/h4-7,10-11,13H,8-9,12H2,1-3H3,(H2,26,30)(H2,27,28,31,35)/t13-/m0/s1. The Morgan fingerprint density at radius 1 is 1.22 bits per heavy atom. The predicted octanol–water partition coefficient (Wildman–Crippen LogP) is 5.29. The van der Waals surface area contributed by atoms with Gasteiger partial charge in [0, 0.05) is 10.9 Å². The molecule has 0 bridgehead atoms. The van der Waals surface area contributed by atoms with Gasteiger partial charge in [-0.2, -0.15) is 0 Å². The smallest absolute Gasteiger partial charge is 0.293 e. The van der Waals surface area contributed by atoms with Crippen LogP contribution in [0.3, 0.4) is 0 Å². The van der Waals surface area contributed by atoms with Gasteiger partial charge in [0.25, 0.3) is 17.5 Å². The van der Waals surface area contributed by atoms with Crippen LogP contribution in [0.2, 0.25) is 0 Å². The van der Waals surface area contributed by atoms with Crippen LogP contribution >= 0.6 is 23.6 Å². The van der Waals surface area contributed by atoms with Gasteiger partial charge in [0.05, 0.1) is 16.1 Å². The van der Waals surface area contributed by atoms with Gasteiger partial charge in [-0.15, -0.1) is 11.3 Å². The molecule has 1 aliphatic rings. The highest BCUT2D eigenvalue weighted by molar-refractivity contribution is 7.80. The lowest BCUT2D eigenvalue weighted by Gasteiger charge is -2.33. The summed E-state index contributed by atoms with van der Waals surface area (Å²) < 4.78 is 5.57. The Labute approximate surface area is 217 Å². The maximum atomic E-state index is 12.7. The number of para-hydroxylation sites is 1. The van der Waals surface area contributed by atoms with Crippen LogP contribution < -0.4 is 16.4 Å². The lowest BCUT2D eigenvalue weighted by Crippen LogP contribution is -2.34. The lowest BCUT2D eigenvalue weighted by molar-refractivity contribution is -0.384. The molecule has 3 aromatic rings. The highest BCUT2D eigenvalue weighted by Crippen LogP contribution is 2.44. The molecule has 0 fully saturated rings. The van der Waals surface area contributed by atoms with Gasteiger partial charge >= 0.3 is 0 Å². The normalized spacial score (nSPS) is 15.1. The molecule has 2 heterocycles. The van der Waals surface area contributed by atoms with Gasteiger partial charge in [-0.3, -0.25) is 25.0 Å². The predicted molar refractivity (Wildman–Crippen MR) is 142 cm³/mol. The van der Waals surface area contributed by atoms with Crippen molar-refractivity contribution in [3.63, 3.8) is 0 Å². The quantitative estimate of drug-likeness (QED) is 0.233. The second kappa shape index (κ2) is 9.82. The third-order valence-electron chi connectivity index (χ3n) is 6.39. The molecule has 1 atom stereocenters. The van der Waals surface area contributed by atoms with Crippen molar-refractivity contribution in [3.8, 4) is 11.3 Å². The fourth-order valence-electron chi connectivity index (χ4n) is 4.42. The van der Waals surface area contributed by atoms with Crippen LogP contribution in [0.5, 0.6) is 0 Å². The van der Waals surface area contributed by atoms with Crippen molar-refractivity contribution in [1.82, 2.24) is 5.32 Å². The summed E-state index contributed by atoms with van der Waals surface area (Å²) in [7, 11) is 0. The average Bonchev–Trinajstić information content (AvgIpc) is 3.42. The molecule has 4 N–H and O–H groups in total. The molecular weight excluding hydrogens is 500 g/mol. The molecule has 2 aromatic heterocycles. The van der Waals surface area contributed by atoms with Crippen molar-refractivity contribution in [2.24, 2.45) is 17.1 Å². The molecule has 11 heteroatoms. The molecule has 1 aliphatic carbocycles. The number of fused-ring (bicyclic) bond motifs is 1. The molecule has 0 aliphatic heterocycles. The monoisotopic (exact) mass is 526 g/mol. The summed E-state index contributed by atoms with van der Waals surface area (Å²) in [6, 6.07) is 8.99. The third kappa shape index (κ3) is 5.17. The Hall–Kier alpha value is -3.57. The molecule has 36 heavy (non-hydrogen) atoms. The second-order valence-corrected chi connectivity index (χ2v) is 11.2. The number of thiocarbonyl (C=S) groups is 1. The molecule has 9 nitrogen and oxygen atoms in total. The minimum absolute atomic E-state index is 0.0166. The van der Waals surface area contributed by atoms with Crippen molar-refractivity contribution in [2.45, 2.75) is 40.0 Å². The Kier molecular flexibility index (Phi) is 6.96. The van der Waals surface area contributed by atoms with Gasteiger partial charge in [-0.05, 0) is 66.6 Å². The summed E-state index contributed by atoms with van der Waals surface area (Å²) in [5.41, 5.74) is 7.33. The third-order valence-corrected chi connectivity index (χ3v) is 7.76. The maximum absolute atomic E-state index is 12.7. The molecule has 4 rings (SSSR count). The van der Waals surface area contributed by atoms with Gasteiger partial charge in [0.1, 0.15) is 10.8 Å². The van der Waals surface area contributed by atoms with Crippen LogP contribution in [0.1, 0.15) is 58.5 Å². The fraction of sp³-hybridized carbons (Fsp3) is 0.320. The van der Waals surface area contributed by atoms with Crippen LogP contribution in [0.15, 0.2) is 40.8 Å². The summed E-state index contributed by atoms with van der Waals surface area (Å²) in [5, 5.41) is 17.3. The largest absolute Gasteiger partial charge is 0.451 e. The van der Waals surface area contributed by atoms with Gasteiger partial charge < -0.3 is 15.5 Å². The summed E-state index contributed by atoms with van der Waals surface area (Å²) in [6.45, 7) is 6.64. The van der Waals surface area contributed by atoms with E-state index in [2.05, 4.69) is 31.4 Å². The number of primary amides is 1. The highest BCUT2D eigenvalue weighted by Gasteiger charge is 2.33. The molecule has 2 amide bonds. The van der Waals surface area contributed by atoms with Crippen LogP contribution in [-0.2, 0) is 12.8 Å². The SMILES string of the molecule is CC(C)(C)[C@H]1CCc2c(sc(NC(=S)NC(=O)c3ccc(-c4ccccc4[N+](=O)[O-])o3)c2C(N)=O)C1. The number of nitro groups is 1. The van der Waals surface area contributed by atoms with Crippen LogP contribution in [0.4, 0.5) is 10.7 Å². The van der Waals surface area contributed by atoms with Gasteiger partial charge in [0.2, 0.25) is 0 Å². The fourth-order valence-corrected chi connectivity index (χ4v) is 6.02. The van der Waals surface area contributed by atoms with Crippen molar-refractivity contribution < 1.29 is 18.9 Å². The zero-order valence-electron chi connectivity index (χ0n) is 20.0. The highest BCUT2D eigenvalue weighted by atomic mass is 32.1. The number of nitrogens with one attached hydrogen (secondary N) is 2. The zero-order chi connectivity index (χ0) is 26.2. The number of carbonyl (C=O) groups excluding carboxylic acids is 2. The van der Waals surface area contributed by atoms with E-state index in [1.165, 1.54) is 29.5 Å². The Morgan fingerprint density at radius 3 is 2.61 bits per heavy atom. The lowest BCUT2D eigenvalue weighted by atomic mass is 9.72. The first-order valence-electron chi connectivity index (χ1n) is 11.4. The molecule has 0 radical (unpaired) electrons. The summed E-state index contributed by atoms with van der Waals surface area (Å²) in [6.07, 6.45) is 2.58. The number of benzene rings is 1. The van der Waals surface area contributed by atoms with Crippen LogP contribution in [0.25, 0.3) is 11.3 Å². The van der Waals surface area contributed by atoms with E-state index in [1.54, 1.807) is 18.2 Å². The van der Waals surface area contributed by atoms with Gasteiger partial charge in [0.15, 0.2) is 10.9 Å². The van der Waals surface area contributed by atoms with E-state index in [0.717, 1.165) is 29.7 Å². The van der Waals surface area contributed by atoms with Gasteiger partial charge in [-0.25, -0.2) is 0 Å². The summed E-state index contributed by atoms with van der Waals surface area (Å²) in [5.74, 6) is -0.578. The average molecular weight is 527 g/mol. The number of nitrogens with two attached hydrogens (primary N) is 1. The van der Waals surface area contributed by atoms with Crippen molar-refractivity contribution in [3.05, 3.63) is 68.3 Å². The topological polar surface area (TPSA) is 140 Å². The summed E-state index contributed by atoms with van der Waals surface area (Å²) in [4.78, 5) is 36.9. The van der Waals surface area contributed by atoms with Crippen LogP contribution in [0, 0.1) is 21.4 Å². The van der Waals surface area contributed by atoms with E-state index >= 15 is 0 Å². The van der Waals surface area contributed by atoms with Crippen LogP contribution in [-0.4, -0.2) is 21.9 Å². The van der Waals surface area contributed by atoms with E-state index in [4.69, 9.17) is 22.4 Å². The molecular formula is C25H26N4O5S2. The number of thiophene rings is 1. The van der Waals surface area contributed by atoms with Crippen molar-refractivity contribution in [1.29, 1.82) is 0 Å². The molecule has 1 aromatic carbocycles. The van der Waals surface area contributed by atoms with E-state index in [9.17, 15) is 19.7 Å². The first-order chi connectivity index (χ1) is 17.0. The van der Waals surface area contributed by atoms with E-state index in [-0.39, 0.29) is 33.3 Å². The number of hydrogen-bond acceptors (Lipinski definition) is 7. The van der Waals surface area contributed by atoms with E-state index < -0.39 is 16.7 Å². The Morgan fingerprint density at radius 2 is 1.94 bits per heavy atom. The molecule has 0 unspecified atom stereocenters. The first-order valence-corrected chi connectivity index (χ1v) is 12.6. The van der Waals surface area contributed by atoms with E-state index in [1.807, 2.05) is 0 Å². The Balaban J connectivity index is 1.49. The molecule has 0 spiro atoms. The number of furan rings is 1. The van der Waals surface area contributed by atoms with Crippen molar-refractivity contribution in [2.75, 3.05) is 5.32 Å². The first kappa shape index (κ1) is 25.5. The Bertz CT molecular complexity index is 1370. The van der Waals surface area contributed by atoms with Crippen molar-refractivity contribution >= 4 is 51.2 Å².